The number of carbonyl (C=O) groups excluding carboxylic acids is 1. The second kappa shape index (κ2) is 6.33. The summed E-state index contributed by atoms with van der Waals surface area (Å²) in [6.45, 7) is 0.110. The molecule has 0 spiro atoms. The van der Waals surface area contributed by atoms with Gasteiger partial charge >= 0.3 is 5.69 Å². The molecule has 1 saturated carbocycles. The molecule has 4 rings (SSSR count). The highest BCUT2D eigenvalue weighted by atomic mass is 16.2. The van der Waals surface area contributed by atoms with Crippen LogP contribution in [-0.4, -0.2) is 43.9 Å². The van der Waals surface area contributed by atoms with Crippen LogP contribution in [0.1, 0.15) is 31.7 Å². The van der Waals surface area contributed by atoms with Crippen LogP contribution < -0.4 is 5.69 Å². The van der Waals surface area contributed by atoms with Crippen LogP contribution in [0.3, 0.4) is 0 Å². The highest BCUT2D eigenvalue weighted by Crippen LogP contribution is 2.35. The van der Waals surface area contributed by atoms with E-state index in [1.54, 1.807) is 13.2 Å². The molecule has 1 aliphatic carbocycles. The zero-order chi connectivity index (χ0) is 18.3. The van der Waals surface area contributed by atoms with Crippen LogP contribution in [0.5, 0.6) is 0 Å². The Balaban J connectivity index is 1.61. The lowest BCUT2D eigenvalue weighted by atomic mass is 9.85. The van der Waals surface area contributed by atoms with Crippen LogP contribution in [0, 0.1) is 17.2 Å². The lowest BCUT2D eigenvalue weighted by Gasteiger charge is -2.30. The van der Waals surface area contributed by atoms with Crippen molar-refractivity contribution in [3.8, 4) is 6.07 Å². The van der Waals surface area contributed by atoms with Crippen LogP contribution >= 0.6 is 0 Å². The van der Waals surface area contributed by atoms with Crippen molar-refractivity contribution in [1.82, 2.24) is 24.4 Å². The summed E-state index contributed by atoms with van der Waals surface area (Å²) >= 11 is 0. The number of nitriles is 1. The van der Waals surface area contributed by atoms with Gasteiger partial charge in [-0.15, -0.1) is 0 Å². The number of nitrogens with zero attached hydrogens (tertiary/aromatic N) is 4. The summed E-state index contributed by atoms with van der Waals surface area (Å²) in [5.41, 5.74) is 2.23. The molecule has 0 aliphatic heterocycles. The van der Waals surface area contributed by atoms with E-state index in [1.165, 1.54) is 4.90 Å². The predicted octanol–water partition coefficient (Wildman–Crippen LogP) is 1.92. The summed E-state index contributed by atoms with van der Waals surface area (Å²) in [5, 5.41) is 9.68. The number of fused-ring (bicyclic) bond motifs is 3. The summed E-state index contributed by atoms with van der Waals surface area (Å²) in [6, 6.07) is 4.00. The third-order valence-corrected chi connectivity index (χ3v) is 5.35. The van der Waals surface area contributed by atoms with Crippen molar-refractivity contribution < 1.29 is 4.79 Å². The summed E-state index contributed by atoms with van der Waals surface area (Å²) in [5.74, 6) is -0.0482. The van der Waals surface area contributed by atoms with Gasteiger partial charge in [0.05, 0.1) is 23.3 Å². The summed E-state index contributed by atoms with van der Waals surface area (Å²) < 4.78 is 1.83. The van der Waals surface area contributed by atoms with E-state index in [9.17, 15) is 9.59 Å². The van der Waals surface area contributed by atoms with E-state index in [1.807, 2.05) is 22.9 Å². The van der Waals surface area contributed by atoms with Crippen molar-refractivity contribution in [2.24, 2.45) is 5.92 Å². The molecule has 0 unspecified atom stereocenters. The molecule has 0 aromatic carbocycles. The quantitative estimate of drug-likeness (QED) is 0.702. The molecule has 0 bridgehead atoms. The Bertz CT molecular complexity index is 1060. The van der Waals surface area contributed by atoms with Crippen molar-refractivity contribution in [3.63, 3.8) is 0 Å². The molecule has 8 heteroatoms. The highest BCUT2D eigenvalue weighted by Gasteiger charge is 2.30. The van der Waals surface area contributed by atoms with Gasteiger partial charge in [-0.3, -0.25) is 9.36 Å². The van der Waals surface area contributed by atoms with Gasteiger partial charge in [-0.1, -0.05) is 0 Å². The van der Waals surface area contributed by atoms with Gasteiger partial charge in [0.25, 0.3) is 0 Å². The topological polar surface area (TPSA) is 111 Å². The smallest absolute Gasteiger partial charge is 0.326 e. The fourth-order valence-corrected chi connectivity index (χ4v) is 4.05. The van der Waals surface area contributed by atoms with Crippen molar-refractivity contribution in [2.75, 3.05) is 13.6 Å². The molecule has 3 aromatic rings. The van der Waals surface area contributed by atoms with E-state index in [0.29, 0.717) is 0 Å². The van der Waals surface area contributed by atoms with E-state index in [2.05, 4.69) is 15.0 Å². The average molecular weight is 352 g/mol. The van der Waals surface area contributed by atoms with Crippen molar-refractivity contribution in [2.45, 2.75) is 31.7 Å². The average Bonchev–Trinajstić information content (AvgIpc) is 3.24. The number of aromatic amines is 2. The van der Waals surface area contributed by atoms with Gasteiger partial charge in [-0.25, -0.2) is 9.78 Å². The monoisotopic (exact) mass is 352 g/mol. The van der Waals surface area contributed by atoms with Crippen molar-refractivity contribution in [1.29, 1.82) is 5.26 Å². The van der Waals surface area contributed by atoms with Crippen LogP contribution in [0.2, 0.25) is 0 Å². The van der Waals surface area contributed by atoms with Crippen molar-refractivity contribution in [3.05, 3.63) is 28.9 Å². The standard InChI is InChI=1S/C18H20N6O2/c1-23(9-7-19)17(25)11-2-4-12(5-3-11)24-15-13-6-8-20-16(13)21-10-14(15)22-18(24)26/h6,8,10-12H,2-5,9H2,1H3,(H,20,21)(H,22,26)/t11-,12-. The molecule has 2 N–H and O–H groups in total. The maximum absolute atomic E-state index is 12.6. The van der Waals surface area contributed by atoms with Crippen LogP contribution in [0.4, 0.5) is 0 Å². The SMILES string of the molecule is CN(CC#N)C(=O)[C@H]1CC[C@H](n2c(=O)[nH]c3cnc4[nH]ccc4c32)CC1. The number of hydrogen-bond acceptors (Lipinski definition) is 4. The molecule has 1 amide bonds. The first kappa shape index (κ1) is 16.4. The zero-order valence-electron chi connectivity index (χ0n) is 14.5. The Morgan fingerprint density at radius 3 is 2.92 bits per heavy atom. The minimum atomic E-state index is -0.133. The number of aromatic nitrogens is 4. The zero-order valence-corrected chi connectivity index (χ0v) is 14.5. The minimum Gasteiger partial charge on any atom is -0.346 e. The third-order valence-electron chi connectivity index (χ3n) is 5.35. The van der Waals surface area contributed by atoms with Gasteiger partial charge in [0.2, 0.25) is 5.91 Å². The van der Waals surface area contributed by atoms with E-state index in [0.717, 1.165) is 47.8 Å². The number of pyridine rings is 1. The van der Waals surface area contributed by atoms with Gasteiger partial charge in [-0.05, 0) is 31.7 Å². The van der Waals surface area contributed by atoms with Gasteiger partial charge in [-0.2, -0.15) is 5.26 Å². The first-order chi connectivity index (χ1) is 12.6. The van der Waals surface area contributed by atoms with Crippen LogP contribution in [0.25, 0.3) is 22.1 Å². The maximum Gasteiger partial charge on any atom is 0.326 e. The minimum absolute atomic E-state index is 0.0218. The Morgan fingerprint density at radius 1 is 1.42 bits per heavy atom. The van der Waals surface area contributed by atoms with Gasteiger partial charge in [0.15, 0.2) is 0 Å². The van der Waals surface area contributed by atoms with Gasteiger partial charge in [0, 0.05) is 30.6 Å². The Kier molecular flexibility index (Phi) is 3.99. The molecule has 0 radical (unpaired) electrons. The first-order valence-electron chi connectivity index (χ1n) is 8.78. The number of amides is 1. The molecular weight excluding hydrogens is 332 g/mol. The van der Waals surface area contributed by atoms with Crippen LogP contribution in [-0.2, 0) is 4.79 Å². The van der Waals surface area contributed by atoms with E-state index in [-0.39, 0.29) is 30.1 Å². The van der Waals surface area contributed by atoms with Crippen molar-refractivity contribution >= 4 is 28.0 Å². The summed E-state index contributed by atoms with van der Waals surface area (Å²) in [6.07, 6.45) is 6.47. The highest BCUT2D eigenvalue weighted by molar-refractivity contribution is 6.00. The maximum atomic E-state index is 12.6. The predicted molar refractivity (Wildman–Crippen MR) is 96.5 cm³/mol. The molecule has 3 aromatic heterocycles. The van der Waals surface area contributed by atoms with E-state index < -0.39 is 0 Å². The lowest BCUT2D eigenvalue weighted by Crippen LogP contribution is -2.36. The van der Waals surface area contributed by atoms with E-state index in [4.69, 9.17) is 5.26 Å². The number of H-pyrrole nitrogens is 2. The fourth-order valence-electron chi connectivity index (χ4n) is 4.05. The molecule has 1 aliphatic rings. The molecule has 0 atom stereocenters. The third kappa shape index (κ3) is 2.56. The summed E-state index contributed by atoms with van der Waals surface area (Å²) in [7, 11) is 1.66. The normalized spacial score (nSPS) is 20.3. The Labute approximate surface area is 149 Å². The number of carbonyl (C=O) groups is 1. The molecule has 3 heterocycles. The number of rotatable bonds is 3. The van der Waals surface area contributed by atoms with Crippen LogP contribution in [0.15, 0.2) is 23.3 Å². The molecule has 26 heavy (non-hydrogen) atoms. The molecule has 134 valence electrons. The molecule has 1 fully saturated rings. The second-order valence-electron chi connectivity index (χ2n) is 6.92. The Morgan fingerprint density at radius 2 is 2.19 bits per heavy atom. The second-order valence-corrected chi connectivity index (χ2v) is 6.92. The number of hydrogen-bond donors (Lipinski definition) is 2. The fraction of sp³-hybridized carbons (Fsp3) is 0.444. The first-order valence-corrected chi connectivity index (χ1v) is 8.78. The lowest BCUT2D eigenvalue weighted by molar-refractivity contribution is -0.134. The number of nitrogens with one attached hydrogen (secondary N) is 2. The molecule has 8 nitrogen and oxygen atoms in total. The van der Waals surface area contributed by atoms with Gasteiger partial charge in [0.1, 0.15) is 12.2 Å². The molecule has 0 saturated heterocycles. The summed E-state index contributed by atoms with van der Waals surface area (Å²) in [4.78, 5) is 36.7. The largest absolute Gasteiger partial charge is 0.346 e. The Hall–Kier alpha value is -3.08. The van der Waals surface area contributed by atoms with Gasteiger partial charge < -0.3 is 14.9 Å². The molecular formula is C18H20N6O2. The van der Waals surface area contributed by atoms with E-state index >= 15 is 0 Å². The number of imidazole rings is 1.